The van der Waals surface area contributed by atoms with Gasteiger partial charge >= 0.3 is 12.4 Å². The number of hydrogen-bond donors (Lipinski definition) is 0. The topological polar surface area (TPSA) is 17.3 Å². The normalized spacial score (nSPS) is 14.5. The SMILES string of the molecule is CC(C)[N-]CC(CC(F)(F)F)(CC(F)(F)F)N(C)C. The third-order valence-electron chi connectivity index (χ3n) is 2.76. The summed E-state index contributed by atoms with van der Waals surface area (Å²) in [7, 11) is 2.43. The molecular weight excluding hydrogens is 274 g/mol. The van der Waals surface area contributed by atoms with Crippen LogP contribution in [0, 0.1) is 0 Å². The third kappa shape index (κ3) is 7.61. The van der Waals surface area contributed by atoms with Crippen molar-refractivity contribution >= 4 is 0 Å². The zero-order valence-corrected chi connectivity index (χ0v) is 11.4. The molecule has 116 valence electrons. The van der Waals surface area contributed by atoms with Crippen LogP contribution in [0.1, 0.15) is 26.7 Å². The predicted octanol–water partition coefficient (Wildman–Crippen LogP) is 3.97. The Kier molecular flexibility index (Phi) is 6.13. The van der Waals surface area contributed by atoms with Crippen LogP contribution in [0.25, 0.3) is 5.32 Å². The van der Waals surface area contributed by atoms with E-state index >= 15 is 0 Å². The number of hydrogen-bond acceptors (Lipinski definition) is 1. The van der Waals surface area contributed by atoms with Gasteiger partial charge in [-0.05, 0) is 14.1 Å². The van der Waals surface area contributed by atoms with Crippen LogP contribution in [0.5, 0.6) is 0 Å². The van der Waals surface area contributed by atoms with Crippen molar-refractivity contribution < 1.29 is 26.3 Å². The molecule has 0 saturated heterocycles. The molecule has 0 unspecified atom stereocenters. The van der Waals surface area contributed by atoms with Gasteiger partial charge in [-0.1, -0.05) is 13.8 Å². The molecule has 0 heterocycles. The summed E-state index contributed by atoms with van der Waals surface area (Å²) >= 11 is 0. The van der Waals surface area contributed by atoms with Crippen LogP contribution in [-0.4, -0.2) is 49.5 Å². The van der Waals surface area contributed by atoms with E-state index in [-0.39, 0.29) is 6.04 Å². The number of likely N-dealkylation sites (N-methyl/N-ethyl adjacent to an activating group) is 1. The zero-order valence-electron chi connectivity index (χ0n) is 11.4. The van der Waals surface area contributed by atoms with Gasteiger partial charge in [0.15, 0.2) is 0 Å². The number of rotatable bonds is 6. The van der Waals surface area contributed by atoms with E-state index in [1.54, 1.807) is 13.8 Å². The van der Waals surface area contributed by atoms with Crippen LogP contribution in [-0.2, 0) is 0 Å². The van der Waals surface area contributed by atoms with Gasteiger partial charge < -0.3 is 10.2 Å². The van der Waals surface area contributed by atoms with E-state index < -0.39 is 37.3 Å². The first kappa shape index (κ1) is 18.5. The summed E-state index contributed by atoms with van der Waals surface area (Å²) < 4.78 is 75.4. The fourth-order valence-electron chi connectivity index (χ4n) is 1.73. The van der Waals surface area contributed by atoms with Crippen molar-refractivity contribution in [2.24, 2.45) is 0 Å². The molecule has 8 heteroatoms. The summed E-state index contributed by atoms with van der Waals surface area (Å²) in [5.41, 5.74) is -2.08. The van der Waals surface area contributed by atoms with Crippen LogP contribution in [0.15, 0.2) is 0 Å². The molecule has 0 aliphatic heterocycles. The molecule has 0 fully saturated rings. The number of halogens is 6. The van der Waals surface area contributed by atoms with E-state index in [2.05, 4.69) is 5.32 Å². The number of alkyl halides is 6. The van der Waals surface area contributed by atoms with Gasteiger partial charge in [0.2, 0.25) is 0 Å². The molecule has 2 nitrogen and oxygen atoms in total. The van der Waals surface area contributed by atoms with Crippen molar-refractivity contribution in [3.05, 3.63) is 5.32 Å². The second-order valence-corrected chi connectivity index (χ2v) is 5.14. The molecule has 0 atom stereocenters. The lowest BCUT2D eigenvalue weighted by Gasteiger charge is -2.47. The van der Waals surface area contributed by atoms with Gasteiger partial charge in [-0.2, -0.15) is 26.3 Å². The monoisotopic (exact) mass is 293 g/mol. The maximum Gasteiger partial charge on any atom is 0.390 e. The molecule has 0 bridgehead atoms. The molecule has 19 heavy (non-hydrogen) atoms. The van der Waals surface area contributed by atoms with Crippen molar-refractivity contribution in [1.29, 1.82) is 0 Å². The Morgan fingerprint density at radius 2 is 1.26 bits per heavy atom. The van der Waals surface area contributed by atoms with Crippen LogP contribution in [0.2, 0.25) is 0 Å². The van der Waals surface area contributed by atoms with E-state index in [1.165, 1.54) is 14.1 Å². The van der Waals surface area contributed by atoms with Crippen LogP contribution < -0.4 is 0 Å². The fourth-order valence-corrected chi connectivity index (χ4v) is 1.73. The Balaban J connectivity index is 5.22. The molecule has 0 rings (SSSR count). The lowest BCUT2D eigenvalue weighted by atomic mass is 9.88. The standard InChI is InChI=1S/C11H19F6N2/c1-8(2)18-7-9(19(3)4,5-10(12,13)14)6-11(15,16)17/h8H,5-7H2,1-4H3/q-1. The average Bonchev–Trinajstić information content (AvgIpc) is 2.08. The maximum atomic E-state index is 12.6. The smallest absolute Gasteiger partial charge is 0.390 e. The largest absolute Gasteiger partial charge is 0.658 e. The first-order valence-corrected chi connectivity index (χ1v) is 5.75. The molecule has 0 radical (unpaired) electrons. The Hall–Kier alpha value is -0.500. The molecule has 0 N–H and O–H groups in total. The highest BCUT2D eigenvalue weighted by molar-refractivity contribution is 5.03. The van der Waals surface area contributed by atoms with E-state index in [9.17, 15) is 26.3 Å². The van der Waals surface area contributed by atoms with Gasteiger partial charge in [0.05, 0.1) is 12.8 Å². The predicted molar refractivity (Wildman–Crippen MR) is 61.1 cm³/mol. The highest BCUT2D eigenvalue weighted by Crippen LogP contribution is 2.39. The molecule has 0 spiro atoms. The first-order chi connectivity index (χ1) is 8.27. The first-order valence-electron chi connectivity index (χ1n) is 5.75. The Morgan fingerprint density at radius 3 is 1.47 bits per heavy atom. The van der Waals surface area contributed by atoms with Crippen molar-refractivity contribution in [3.63, 3.8) is 0 Å². The van der Waals surface area contributed by atoms with Gasteiger partial charge in [-0.3, -0.25) is 0 Å². The Labute approximate surface area is 109 Å². The summed E-state index contributed by atoms with van der Waals surface area (Å²) in [5.74, 6) is 0. The minimum atomic E-state index is -4.68. The second-order valence-electron chi connectivity index (χ2n) is 5.14. The number of nitrogens with zero attached hydrogens (tertiary/aromatic N) is 2. The maximum absolute atomic E-state index is 12.6. The van der Waals surface area contributed by atoms with Crippen molar-refractivity contribution in [1.82, 2.24) is 4.90 Å². The van der Waals surface area contributed by atoms with Crippen molar-refractivity contribution in [2.45, 2.75) is 50.6 Å². The Bertz CT molecular complexity index is 253. The molecule has 0 aromatic rings. The van der Waals surface area contributed by atoms with Crippen molar-refractivity contribution in [3.8, 4) is 0 Å². The van der Waals surface area contributed by atoms with Crippen LogP contribution >= 0.6 is 0 Å². The zero-order chi connectivity index (χ0) is 15.5. The van der Waals surface area contributed by atoms with E-state index in [4.69, 9.17) is 0 Å². The molecule has 0 aliphatic carbocycles. The van der Waals surface area contributed by atoms with Gasteiger partial charge in [0.1, 0.15) is 0 Å². The molecule has 0 saturated carbocycles. The summed E-state index contributed by atoms with van der Waals surface area (Å²) in [6.45, 7) is 2.72. The fraction of sp³-hybridized carbons (Fsp3) is 1.00. The van der Waals surface area contributed by atoms with Gasteiger partial charge in [-0.25, -0.2) is 0 Å². The molecule has 0 amide bonds. The molecule has 0 aromatic heterocycles. The Morgan fingerprint density at radius 1 is 0.895 bits per heavy atom. The minimum Gasteiger partial charge on any atom is -0.658 e. The second kappa shape index (κ2) is 6.30. The molecule has 0 aromatic carbocycles. The quantitative estimate of drug-likeness (QED) is 0.677. The highest BCUT2D eigenvalue weighted by Gasteiger charge is 2.48. The lowest BCUT2D eigenvalue weighted by molar-refractivity contribution is -0.194. The lowest BCUT2D eigenvalue weighted by Crippen LogP contribution is -2.53. The molecule has 0 aliphatic rings. The van der Waals surface area contributed by atoms with E-state index in [0.717, 1.165) is 4.90 Å². The van der Waals surface area contributed by atoms with Crippen molar-refractivity contribution in [2.75, 3.05) is 20.6 Å². The van der Waals surface area contributed by atoms with Gasteiger partial charge in [0.25, 0.3) is 0 Å². The molecular formula is C11H19F6N2-. The highest BCUT2D eigenvalue weighted by atomic mass is 19.4. The summed E-state index contributed by atoms with van der Waals surface area (Å²) in [6, 6.07) is -0.319. The van der Waals surface area contributed by atoms with E-state index in [1.807, 2.05) is 0 Å². The third-order valence-corrected chi connectivity index (χ3v) is 2.76. The summed E-state index contributed by atoms with van der Waals surface area (Å²) in [4.78, 5) is 0.972. The van der Waals surface area contributed by atoms with E-state index in [0.29, 0.717) is 0 Å². The van der Waals surface area contributed by atoms with Gasteiger partial charge in [-0.15, -0.1) is 12.6 Å². The van der Waals surface area contributed by atoms with Crippen LogP contribution in [0.4, 0.5) is 26.3 Å². The minimum absolute atomic E-state index is 0.319. The van der Waals surface area contributed by atoms with Gasteiger partial charge in [0, 0.05) is 5.54 Å². The summed E-state index contributed by atoms with van der Waals surface area (Å²) in [5, 5.41) is 3.85. The summed E-state index contributed by atoms with van der Waals surface area (Å²) in [6.07, 6.45) is -12.4. The van der Waals surface area contributed by atoms with Crippen LogP contribution in [0.3, 0.4) is 0 Å². The average molecular weight is 293 g/mol.